The van der Waals surface area contributed by atoms with Gasteiger partial charge in [-0.25, -0.2) is 0 Å². The van der Waals surface area contributed by atoms with Crippen molar-refractivity contribution in [3.05, 3.63) is 60.8 Å². The number of carboxylic acids is 1. The van der Waals surface area contributed by atoms with E-state index in [-0.39, 0.29) is 6.42 Å². The Morgan fingerprint density at radius 3 is 2.38 bits per heavy atom. The molecule has 3 N–H and O–H groups in total. The van der Waals surface area contributed by atoms with Crippen LogP contribution in [0.3, 0.4) is 0 Å². The van der Waals surface area contributed by atoms with Gasteiger partial charge in [0.05, 0.1) is 12.2 Å². The second kappa shape index (κ2) is 17.9. The summed E-state index contributed by atoms with van der Waals surface area (Å²) in [7, 11) is 0. The van der Waals surface area contributed by atoms with Gasteiger partial charge < -0.3 is 15.3 Å². The lowest BCUT2D eigenvalue weighted by Gasteiger charge is -2.05. The summed E-state index contributed by atoms with van der Waals surface area (Å²) >= 11 is 0. The third-order valence-electron chi connectivity index (χ3n) is 3.61. The second-order valence-corrected chi connectivity index (χ2v) is 6.13. The van der Waals surface area contributed by atoms with Crippen molar-refractivity contribution in [3.8, 4) is 0 Å². The fraction of sp³-hybridized carbons (Fsp3) is 0.500. The van der Waals surface area contributed by atoms with Crippen molar-refractivity contribution in [1.82, 2.24) is 0 Å². The first-order valence-corrected chi connectivity index (χ1v) is 9.45. The van der Waals surface area contributed by atoms with E-state index in [2.05, 4.69) is 6.92 Å². The SMILES string of the molecule is CCCCCC(O)C=CCC(O)C=CC=CC=CCC=CCCC(=O)O. The number of hydrogen-bond donors (Lipinski definition) is 3. The predicted octanol–water partition coefficient (Wildman–Crippen LogP) is 4.71. The number of carbonyl (C=O) groups is 1. The Balaban J connectivity index is 3.82. The minimum absolute atomic E-state index is 0.167. The third kappa shape index (κ3) is 18.4. The van der Waals surface area contributed by atoms with E-state index < -0.39 is 18.2 Å². The molecule has 0 saturated heterocycles. The average molecular weight is 363 g/mol. The molecule has 0 amide bonds. The van der Waals surface area contributed by atoms with Crippen molar-refractivity contribution >= 4 is 5.97 Å². The van der Waals surface area contributed by atoms with E-state index in [1.807, 2.05) is 42.5 Å². The zero-order valence-electron chi connectivity index (χ0n) is 15.8. The number of hydrogen-bond acceptors (Lipinski definition) is 3. The first kappa shape index (κ1) is 24.1. The highest BCUT2D eigenvalue weighted by Crippen LogP contribution is 2.05. The first-order valence-electron chi connectivity index (χ1n) is 9.45. The maximum absolute atomic E-state index is 10.3. The summed E-state index contributed by atoms with van der Waals surface area (Å²) in [6.45, 7) is 2.14. The van der Waals surface area contributed by atoms with Crippen LogP contribution >= 0.6 is 0 Å². The molecule has 4 heteroatoms. The number of allylic oxidation sites excluding steroid dienone is 7. The van der Waals surface area contributed by atoms with E-state index >= 15 is 0 Å². The fourth-order valence-corrected chi connectivity index (χ4v) is 2.13. The number of aliphatic hydroxyl groups is 2. The molecule has 0 aromatic heterocycles. The highest BCUT2D eigenvalue weighted by Gasteiger charge is 1.99. The van der Waals surface area contributed by atoms with Gasteiger partial charge in [0.2, 0.25) is 0 Å². The molecule has 0 heterocycles. The summed E-state index contributed by atoms with van der Waals surface area (Å²) in [5, 5.41) is 28.0. The van der Waals surface area contributed by atoms with Crippen molar-refractivity contribution < 1.29 is 20.1 Å². The maximum atomic E-state index is 10.3. The van der Waals surface area contributed by atoms with E-state index in [0.29, 0.717) is 12.8 Å². The molecular weight excluding hydrogens is 328 g/mol. The monoisotopic (exact) mass is 362 g/mol. The molecular formula is C22H34O4. The molecule has 0 aliphatic carbocycles. The number of aliphatic hydroxyl groups excluding tert-OH is 2. The Morgan fingerprint density at radius 1 is 0.885 bits per heavy atom. The lowest BCUT2D eigenvalue weighted by molar-refractivity contribution is -0.136. The smallest absolute Gasteiger partial charge is 0.303 e. The van der Waals surface area contributed by atoms with E-state index in [9.17, 15) is 15.0 Å². The van der Waals surface area contributed by atoms with Crippen molar-refractivity contribution in [3.63, 3.8) is 0 Å². The molecule has 2 unspecified atom stereocenters. The predicted molar refractivity (Wildman–Crippen MR) is 108 cm³/mol. The lowest BCUT2D eigenvalue weighted by atomic mass is 10.1. The van der Waals surface area contributed by atoms with Crippen LogP contribution < -0.4 is 0 Å². The minimum Gasteiger partial charge on any atom is -0.481 e. The molecule has 0 aromatic rings. The number of unbranched alkanes of at least 4 members (excludes halogenated alkanes) is 2. The molecule has 4 nitrogen and oxygen atoms in total. The van der Waals surface area contributed by atoms with E-state index in [4.69, 9.17) is 5.11 Å². The van der Waals surface area contributed by atoms with E-state index in [1.165, 1.54) is 0 Å². The van der Waals surface area contributed by atoms with Gasteiger partial charge in [0.1, 0.15) is 0 Å². The van der Waals surface area contributed by atoms with Crippen LogP contribution in [0.4, 0.5) is 0 Å². The van der Waals surface area contributed by atoms with Crippen LogP contribution in [0.25, 0.3) is 0 Å². The van der Waals surface area contributed by atoms with Crippen LogP contribution in [0.2, 0.25) is 0 Å². The molecule has 0 aromatic carbocycles. The third-order valence-corrected chi connectivity index (χ3v) is 3.61. The summed E-state index contributed by atoms with van der Waals surface area (Å²) in [5.74, 6) is -0.777. The zero-order valence-corrected chi connectivity index (χ0v) is 15.8. The summed E-state index contributed by atoms with van der Waals surface area (Å²) < 4.78 is 0. The summed E-state index contributed by atoms with van der Waals surface area (Å²) in [5.41, 5.74) is 0. The van der Waals surface area contributed by atoms with Crippen LogP contribution in [-0.4, -0.2) is 33.5 Å². The Hall–Kier alpha value is -1.91. The number of aliphatic carboxylic acids is 1. The van der Waals surface area contributed by atoms with Crippen molar-refractivity contribution in [2.24, 2.45) is 0 Å². The molecule has 26 heavy (non-hydrogen) atoms. The largest absolute Gasteiger partial charge is 0.481 e. The average Bonchev–Trinajstić information content (AvgIpc) is 2.59. The van der Waals surface area contributed by atoms with Gasteiger partial charge in [-0.05, 0) is 25.7 Å². The molecule has 0 fully saturated rings. The van der Waals surface area contributed by atoms with Crippen LogP contribution in [0.1, 0.15) is 58.3 Å². The second-order valence-electron chi connectivity index (χ2n) is 6.13. The summed E-state index contributed by atoms with van der Waals surface area (Å²) in [6.07, 6.45) is 23.6. The Morgan fingerprint density at radius 2 is 1.65 bits per heavy atom. The summed E-state index contributed by atoms with van der Waals surface area (Å²) in [4.78, 5) is 10.3. The number of rotatable bonds is 15. The molecule has 0 spiro atoms. The minimum atomic E-state index is -0.777. The number of carboxylic acid groups (broad SMARTS) is 1. The standard InChI is InChI=1S/C22H34O4/c1-2-3-11-15-20(23)17-14-18-21(24)16-12-9-7-5-4-6-8-10-13-19-22(25)26/h4-5,7-10,12,14,16-17,20-21,23-24H,2-3,6,11,13,15,18-19H2,1H3,(H,25,26). The maximum Gasteiger partial charge on any atom is 0.303 e. The highest BCUT2D eigenvalue weighted by molar-refractivity contribution is 5.66. The van der Waals surface area contributed by atoms with E-state index in [0.717, 1.165) is 32.1 Å². The van der Waals surface area contributed by atoms with Gasteiger partial charge in [0, 0.05) is 6.42 Å². The first-order chi connectivity index (χ1) is 12.6. The molecule has 2 atom stereocenters. The van der Waals surface area contributed by atoms with Crippen molar-refractivity contribution in [2.45, 2.75) is 70.5 Å². The molecule has 0 saturated carbocycles. The molecule has 0 aliphatic rings. The Bertz CT molecular complexity index is 486. The van der Waals surface area contributed by atoms with Gasteiger partial charge in [-0.1, -0.05) is 86.9 Å². The highest BCUT2D eigenvalue weighted by atomic mass is 16.4. The van der Waals surface area contributed by atoms with Crippen LogP contribution in [0, 0.1) is 0 Å². The zero-order chi connectivity index (χ0) is 19.5. The quantitative estimate of drug-likeness (QED) is 0.224. The van der Waals surface area contributed by atoms with Gasteiger partial charge in [-0.15, -0.1) is 0 Å². The van der Waals surface area contributed by atoms with Crippen LogP contribution in [0.5, 0.6) is 0 Å². The van der Waals surface area contributed by atoms with Gasteiger partial charge in [0.25, 0.3) is 0 Å². The van der Waals surface area contributed by atoms with Gasteiger partial charge >= 0.3 is 5.97 Å². The Labute approximate surface area is 157 Å². The van der Waals surface area contributed by atoms with Crippen LogP contribution in [-0.2, 0) is 4.79 Å². The lowest BCUT2D eigenvalue weighted by Crippen LogP contribution is -2.03. The topological polar surface area (TPSA) is 77.8 Å². The fourth-order valence-electron chi connectivity index (χ4n) is 2.13. The molecule has 146 valence electrons. The van der Waals surface area contributed by atoms with E-state index in [1.54, 1.807) is 18.2 Å². The molecule has 0 bridgehead atoms. The Kier molecular flexibility index (Phi) is 16.6. The van der Waals surface area contributed by atoms with Gasteiger partial charge in [-0.3, -0.25) is 4.79 Å². The van der Waals surface area contributed by atoms with Gasteiger partial charge in [0.15, 0.2) is 0 Å². The molecule has 0 aliphatic heterocycles. The van der Waals surface area contributed by atoms with Crippen molar-refractivity contribution in [1.29, 1.82) is 0 Å². The van der Waals surface area contributed by atoms with Crippen LogP contribution in [0.15, 0.2) is 60.8 Å². The van der Waals surface area contributed by atoms with Gasteiger partial charge in [-0.2, -0.15) is 0 Å². The molecule has 0 radical (unpaired) electrons. The summed E-state index contributed by atoms with van der Waals surface area (Å²) in [6, 6.07) is 0. The normalized spacial score (nSPS) is 15.2. The van der Waals surface area contributed by atoms with Crippen molar-refractivity contribution in [2.75, 3.05) is 0 Å². The molecule has 0 rings (SSSR count).